The molecule has 0 radical (unpaired) electrons. The molecule has 0 bridgehead atoms. The Bertz CT molecular complexity index is 1060. The summed E-state index contributed by atoms with van der Waals surface area (Å²) in [4.78, 5) is 17.8. The zero-order valence-corrected chi connectivity index (χ0v) is 16.9. The van der Waals surface area contributed by atoms with Crippen molar-refractivity contribution in [3.05, 3.63) is 83.9 Å². The number of aromatic nitrogens is 3. The fourth-order valence-electron chi connectivity index (χ4n) is 3.45. The van der Waals surface area contributed by atoms with Gasteiger partial charge in [0.05, 0.1) is 23.6 Å². The molecule has 146 valence electrons. The summed E-state index contributed by atoms with van der Waals surface area (Å²) < 4.78 is 5.15. The summed E-state index contributed by atoms with van der Waals surface area (Å²) in [7, 11) is 0. The molecule has 0 saturated heterocycles. The van der Waals surface area contributed by atoms with Crippen molar-refractivity contribution in [1.82, 2.24) is 15.2 Å². The van der Waals surface area contributed by atoms with Gasteiger partial charge in [-0.15, -0.1) is 10.2 Å². The third-order valence-electron chi connectivity index (χ3n) is 4.96. The molecule has 6 nitrogen and oxygen atoms in total. The van der Waals surface area contributed by atoms with Crippen molar-refractivity contribution in [2.45, 2.75) is 19.8 Å². The van der Waals surface area contributed by atoms with Crippen molar-refractivity contribution >= 4 is 22.4 Å². The van der Waals surface area contributed by atoms with Gasteiger partial charge < -0.3 is 9.73 Å². The summed E-state index contributed by atoms with van der Waals surface area (Å²) in [5.74, 6) is -0.315. The number of rotatable bonds is 6. The molecule has 4 rings (SSSR count). The van der Waals surface area contributed by atoms with Gasteiger partial charge in [-0.05, 0) is 23.3 Å². The van der Waals surface area contributed by atoms with Crippen LogP contribution in [0.5, 0.6) is 0 Å². The van der Waals surface area contributed by atoms with Gasteiger partial charge in [0.15, 0.2) is 0 Å². The normalized spacial score (nSPS) is 12.5. The number of nitrogens with one attached hydrogen (secondary N) is 1. The maximum absolute atomic E-state index is 13.2. The molecule has 7 heteroatoms. The van der Waals surface area contributed by atoms with Crippen LogP contribution in [0.4, 0.5) is 5.13 Å². The molecule has 0 aliphatic carbocycles. The monoisotopic (exact) mass is 404 g/mol. The fourth-order valence-corrected chi connectivity index (χ4v) is 3.89. The number of amides is 1. The van der Waals surface area contributed by atoms with Crippen molar-refractivity contribution in [2.75, 3.05) is 5.32 Å². The lowest BCUT2D eigenvalue weighted by Gasteiger charge is -2.33. The smallest absolute Gasteiger partial charge is 0.232 e. The molecule has 1 aromatic carbocycles. The Balaban J connectivity index is 1.71. The van der Waals surface area contributed by atoms with Crippen molar-refractivity contribution < 1.29 is 9.21 Å². The molecular formula is C22H20N4O2S. The van der Waals surface area contributed by atoms with E-state index in [0.717, 1.165) is 22.4 Å². The second kappa shape index (κ2) is 7.97. The molecule has 1 amide bonds. The van der Waals surface area contributed by atoms with Crippen LogP contribution in [0.3, 0.4) is 0 Å². The van der Waals surface area contributed by atoms with E-state index < -0.39 is 5.41 Å². The molecule has 0 fully saturated rings. The van der Waals surface area contributed by atoms with E-state index in [0.29, 0.717) is 5.13 Å². The van der Waals surface area contributed by atoms with Gasteiger partial charge in [-0.1, -0.05) is 61.6 Å². The topological polar surface area (TPSA) is 80.9 Å². The lowest BCUT2D eigenvalue weighted by molar-refractivity contribution is -0.124. The van der Waals surface area contributed by atoms with Gasteiger partial charge in [0.1, 0.15) is 5.51 Å². The van der Waals surface area contributed by atoms with E-state index in [1.807, 2.05) is 68.6 Å². The second-order valence-electron chi connectivity index (χ2n) is 7.25. The molecule has 0 aliphatic heterocycles. The summed E-state index contributed by atoms with van der Waals surface area (Å²) in [6.45, 7) is 3.87. The summed E-state index contributed by atoms with van der Waals surface area (Å²) in [6.07, 6.45) is 5.12. The largest absolute Gasteiger partial charge is 0.472 e. The number of anilines is 1. The van der Waals surface area contributed by atoms with Gasteiger partial charge in [-0.3, -0.25) is 9.78 Å². The zero-order chi connectivity index (χ0) is 20.3. The molecule has 3 aromatic heterocycles. The lowest BCUT2D eigenvalue weighted by Crippen LogP contribution is -2.37. The third kappa shape index (κ3) is 3.95. The molecule has 0 spiro atoms. The van der Waals surface area contributed by atoms with E-state index in [-0.39, 0.29) is 11.8 Å². The van der Waals surface area contributed by atoms with Crippen molar-refractivity contribution in [2.24, 2.45) is 5.41 Å². The summed E-state index contributed by atoms with van der Waals surface area (Å²) >= 11 is 1.30. The van der Waals surface area contributed by atoms with Crippen LogP contribution in [0.25, 0.3) is 11.3 Å². The Hall–Kier alpha value is -3.32. The molecule has 29 heavy (non-hydrogen) atoms. The Morgan fingerprint density at radius 3 is 2.55 bits per heavy atom. The van der Waals surface area contributed by atoms with Crippen LogP contribution in [0.1, 0.15) is 30.9 Å². The van der Waals surface area contributed by atoms with E-state index in [1.165, 1.54) is 11.3 Å². The molecule has 0 saturated carbocycles. The average molecular weight is 404 g/mol. The molecule has 4 aromatic rings. The minimum atomic E-state index is -0.758. The predicted molar refractivity (Wildman–Crippen MR) is 113 cm³/mol. The van der Waals surface area contributed by atoms with Crippen molar-refractivity contribution in [1.29, 1.82) is 0 Å². The number of nitrogens with zero attached hydrogens (tertiary/aromatic N) is 3. The van der Waals surface area contributed by atoms with E-state index in [1.54, 1.807) is 18.0 Å². The number of pyridine rings is 1. The Morgan fingerprint density at radius 2 is 1.93 bits per heavy atom. The van der Waals surface area contributed by atoms with Crippen molar-refractivity contribution in [3.8, 4) is 11.3 Å². The highest BCUT2D eigenvalue weighted by atomic mass is 32.1. The molecule has 1 N–H and O–H groups in total. The van der Waals surface area contributed by atoms with Crippen LogP contribution in [0.2, 0.25) is 0 Å². The number of carbonyl (C=O) groups is 1. The maximum atomic E-state index is 13.2. The summed E-state index contributed by atoms with van der Waals surface area (Å²) in [5.41, 5.74) is 4.58. The first-order valence-corrected chi connectivity index (χ1v) is 10.0. The molecule has 1 atom stereocenters. The lowest BCUT2D eigenvalue weighted by atomic mass is 9.71. The molecular weight excluding hydrogens is 384 g/mol. The summed E-state index contributed by atoms with van der Waals surface area (Å²) in [6, 6.07) is 15.8. The first-order valence-electron chi connectivity index (χ1n) is 9.17. The number of benzene rings is 1. The maximum Gasteiger partial charge on any atom is 0.232 e. The Morgan fingerprint density at radius 1 is 1.10 bits per heavy atom. The quantitative estimate of drug-likeness (QED) is 0.490. The minimum absolute atomic E-state index is 0.123. The first kappa shape index (κ1) is 19.0. The van der Waals surface area contributed by atoms with Crippen LogP contribution < -0.4 is 5.32 Å². The van der Waals surface area contributed by atoms with Gasteiger partial charge in [-0.25, -0.2) is 0 Å². The highest BCUT2D eigenvalue weighted by molar-refractivity contribution is 7.13. The van der Waals surface area contributed by atoms with Gasteiger partial charge in [0.2, 0.25) is 11.0 Å². The van der Waals surface area contributed by atoms with Crippen LogP contribution in [-0.2, 0) is 4.79 Å². The van der Waals surface area contributed by atoms with Crippen LogP contribution in [0, 0.1) is 5.41 Å². The van der Waals surface area contributed by atoms with E-state index in [4.69, 9.17) is 4.42 Å². The fraction of sp³-hybridized carbons (Fsp3) is 0.182. The Kier molecular flexibility index (Phi) is 5.22. The van der Waals surface area contributed by atoms with Crippen LogP contribution in [-0.4, -0.2) is 21.1 Å². The third-order valence-corrected chi connectivity index (χ3v) is 5.56. The molecule has 3 heterocycles. The van der Waals surface area contributed by atoms with Gasteiger partial charge in [-0.2, -0.15) is 0 Å². The molecule has 0 aliphatic rings. The number of hydrogen-bond donors (Lipinski definition) is 1. The average Bonchev–Trinajstić information content (AvgIpc) is 3.44. The highest BCUT2D eigenvalue weighted by Gasteiger charge is 2.39. The number of carbonyl (C=O) groups excluding carboxylic acids is 1. The molecule has 1 unspecified atom stereocenters. The minimum Gasteiger partial charge on any atom is -0.472 e. The van der Waals surface area contributed by atoms with Crippen LogP contribution >= 0.6 is 11.3 Å². The van der Waals surface area contributed by atoms with E-state index in [2.05, 4.69) is 20.5 Å². The Labute approximate surface area is 172 Å². The number of furan rings is 1. The van der Waals surface area contributed by atoms with E-state index >= 15 is 0 Å². The summed E-state index contributed by atoms with van der Waals surface area (Å²) in [5, 5.41) is 11.1. The first-order chi connectivity index (χ1) is 14.1. The SMILES string of the molecule is CC(C)(C(=O)Nc1nncs1)C(c1ccccc1)c1ccc(-c2ccoc2)nc1. The van der Waals surface area contributed by atoms with Gasteiger partial charge in [0.25, 0.3) is 0 Å². The van der Waals surface area contributed by atoms with Gasteiger partial charge in [0, 0.05) is 17.7 Å². The predicted octanol–water partition coefficient (Wildman–Crippen LogP) is 4.99. The zero-order valence-electron chi connectivity index (χ0n) is 16.1. The van der Waals surface area contributed by atoms with Crippen molar-refractivity contribution in [3.63, 3.8) is 0 Å². The van der Waals surface area contributed by atoms with Crippen LogP contribution in [0.15, 0.2) is 77.2 Å². The van der Waals surface area contributed by atoms with E-state index in [9.17, 15) is 4.79 Å². The standard InChI is InChI=1S/C22H20N4O2S/c1-22(2,20(27)25-21-26-24-14-29-21)19(15-6-4-3-5-7-15)16-8-9-18(23-12-16)17-10-11-28-13-17/h3-14,19H,1-2H3,(H,25,26,27). The highest BCUT2D eigenvalue weighted by Crippen LogP contribution is 2.42. The number of hydrogen-bond acceptors (Lipinski definition) is 6. The second-order valence-corrected chi connectivity index (χ2v) is 8.09. The van der Waals surface area contributed by atoms with Gasteiger partial charge >= 0.3 is 0 Å².